The van der Waals surface area contributed by atoms with Crippen molar-refractivity contribution in [3.05, 3.63) is 58.4 Å². The highest BCUT2D eigenvalue weighted by atomic mass is 32.2. The van der Waals surface area contributed by atoms with Gasteiger partial charge >= 0.3 is 23.9 Å². The van der Waals surface area contributed by atoms with Crippen molar-refractivity contribution in [3.8, 4) is 11.1 Å². The number of nitrogens with one attached hydrogen (secondary N) is 3. The van der Waals surface area contributed by atoms with Gasteiger partial charge in [0, 0.05) is 41.1 Å². The summed E-state index contributed by atoms with van der Waals surface area (Å²) in [4.78, 5) is 89.8. The molecule has 0 spiro atoms. The molecule has 5 N–H and O–H groups in total. The minimum Gasteiger partial charge on any atom is -0.481 e. The van der Waals surface area contributed by atoms with E-state index in [-0.39, 0.29) is 86.4 Å². The van der Waals surface area contributed by atoms with Gasteiger partial charge in [-0.1, -0.05) is 154 Å². The lowest BCUT2D eigenvalue weighted by atomic mass is 9.59. The molecular formula is C63H94N4O10S. The average molecular weight is 1100 g/mol. The van der Waals surface area contributed by atoms with Crippen molar-refractivity contribution < 1.29 is 48.5 Å². The Kier molecular flexibility index (Phi) is 20.5. The maximum atomic E-state index is 15.5. The number of esters is 2. The van der Waals surface area contributed by atoms with Crippen LogP contribution in [0.15, 0.2) is 52.2 Å². The number of ether oxygens (including phenoxy) is 2. The summed E-state index contributed by atoms with van der Waals surface area (Å²) < 4.78 is 13.7. The third kappa shape index (κ3) is 16.2. The van der Waals surface area contributed by atoms with Gasteiger partial charge < -0.3 is 35.3 Å². The molecule has 2 saturated carbocycles. The standard InChI is InChI=1S/C63H94N4O10S/c1-35-29-39(59(4,5)6)51(40(30-35)60(7,8)9)76-56(73)48-37(3)43(64-53(48)66-46(68)27-23-20-24-28-78-45(55(71)72)34-47(69)70)33-44-49(38-25-21-19-22-26-38)50(54(65-44)67-58(75)63(16,17)18)57(74)77-52-41(61(10,11)12)31-36(2)32-42(52)62(13,14)15/h19,21-22,25-26,33,35-36,39-42,45,51-52,65H,20,23-24,27-32,34H2,1-18H3,(H,67,75)(H,69,70)(H,71,72)(H,64,66,68). The van der Waals surface area contributed by atoms with Crippen LogP contribution < -0.4 is 10.6 Å². The van der Waals surface area contributed by atoms with Gasteiger partial charge in [-0.25, -0.2) is 14.6 Å². The number of aromatic amines is 1. The van der Waals surface area contributed by atoms with Crippen molar-refractivity contribution in [3.63, 3.8) is 0 Å². The summed E-state index contributed by atoms with van der Waals surface area (Å²) in [6.45, 7) is 38.1. The predicted molar refractivity (Wildman–Crippen MR) is 313 cm³/mol. The molecule has 1 aliphatic heterocycles. The zero-order valence-electron chi connectivity index (χ0n) is 50.2. The number of anilines is 1. The van der Waals surface area contributed by atoms with Crippen LogP contribution in [0.2, 0.25) is 0 Å². The first-order chi connectivity index (χ1) is 35.9. The Hall–Kier alpha value is -5.18. The number of benzene rings is 1. The zero-order chi connectivity index (χ0) is 58.6. The normalized spacial score (nSPS) is 24.3. The number of carboxylic acid groups (broad SMARTS) is 2. The highest BCUT2D eigenvalue weighted by Gasteiger charge is 2.50. The van der Waals surface area contributed by atoms with E-state index in [4.69, 9.17) is 19.6 Å². The Morgan fingerprint density at radius 3 is 1.64 bits per heavy atom. The van der Waals surface area contributed by atoms with Gasteiger partial charge in [-0.15, -0.1) is 11.8 Å². The molecule has 5 atom stereocenters. The number of unbranched alkanes of at least 4 members (excludes halogenated alkanes) is 2. The number of H-pyrrole nitrogens is 1. The number of carboxylic acids is 2. The molecule has 1 aromatic carbocycles. The van der Waals surface area contributed by atoms with Crippen LogP contribution in [-0.4, -0.2) is 79.9 Å². The molecule has 0 radical (unpaired) electrons. The number of carbonyl (C=O) groups is 6. The van der Waals surface area contributed by atoms with E-state index in [1.165, 1.54) is 0 Å². The minimum absolute atomic E-state index is 0.0350. The number of carbonyl (C=O) groups excluding carboxylic acids is 4. The summed E-state index contributed by atoms with van der Waals surface area (Å²) in [5.41, 5.74) is 0.997. The lowest BCUT2D eigenvalue weighted by molar-refractivity contribution is -0.164. The van der Waals surface area contributed by atoms with Gasteiger partial charge in [0.15, 0.2) is 0 Å². The van der Waals surface area contributed by atoms with E-state index in [0.29, 0.717) is 64.9 Å². The number of amidine groups is 1. The molecule has 5 unspecified atom stereocenters. The summed E-state index contributed by atoms with van der Waals surface area (Å²) in [5.74, 6) is -2.63. The topological polar surface area (TPSA) is 214 Å². The SMILES string of the molecule is CC1=C(C(=O)OC2C(C(C)(C)C)CC(C)CC2C(C)(C)C)C(NC(=O)CCCCCSC(CC(=O)O)C(=O)O)=NC1=Cc1[nH]c(NC(=O)C(C)(C)C)c(C(=O)OC2C(C(C)(C)C)CC(C)CC2C(C)(C)C)c1-c1ccccc1. The summed E-state index contributed by atoms with van der Waals surface area (Å²) in [5, 5.41) is 23.6. The van der Waals surface area contributed by atoms with Gasteiger partial charge in [-0.2, -0.15) is 0 Å². The molecule has 2 amide bonds. The number of aliphatic carboxylic acids is 2. The maximum Gasteiger partial charge on any atom is 0.342 e. The molecule has 2 aromatic rings. The summed E-state index contributed by atoms with van der Waals surface area (Å²) in [7, 11) is 0. The summed E-state index contributed by atoms with van der Waals surface area (Å²) in [6.07, 6.45) is 5.60. The highest BCUT2D eigenvalue weighted by Crippen LogP contribution is 2.52. The molecule has 5 rings (SSSR count). The van der Waals surface area contributed by atoms with Crippen LogP contribution in [0, 0.1) is 62.6 Å². The van der Waals surface area contributed by atoms with Crippen molar-refractivity contribution in [1.82, 2.24) is 10.3 Å². The van der Waals surface area contributed by atoms with Crippen LogP contribution in [0.5, 0.6) is 0 Å². The number of amides is 2. The average Bonchev–Trinajstić information content (AvgIpc) is 3.82. The minimum atomic E-state index is -1.18. The van der Waals surface area contributed by atoms with Crippen molar-refractivity contribution in [2.24, 2.45) is 67.6 Å². The monoisotopic (exact) mass is 1100 g/mol. The van der Waals surface area contributed by atoms with Crippen molar-refractivity contribution in [2.45, 2.75) is 200 Å². The smallest absolute Gasteiger partial charge is 0.342 e. The van der Waals surface area contributed by atoms with Gasteiger partial charge in [-0.3, -0.25) is 19.2 Å². The number of allylic oxidation sites excluding steroid dienone is 1. The largest absolute Gasteiger partial charge is 0.481 e. The van der Waals surface area contributed by atoms with Crippen molar-refractivity contribution in [1.29, 1.82) is 0 Å². The molecule has 14 nitrogen and oxygen atoms in total. The van der Waals surface area contributed by atoms with Crippen LogP contribution in [0.1, 0.15) is 198 Å². The summed E-state index contributed by atoms with van der Waals surface area (Å²) >= 11 is 1.07. The third-order valence-corrected chi connectivity index (χ3v) is 17.6. The van der Waals surface area contributed by atoms with E-state index >= 15 is 9.59 Å². The molecular weight excluding hydrogens is 1000 g/mol. The second-order valence-electron chi connectivity index (χ2n) is 28.2. The fourth-order valence-corrected chi connectivity index (χ4v) is 12.8. The van der Waals surface area contributed by atoms with Gasteiger partial charge in [0.05, 0.1) is 17.8 Å². The number of hydrogen-bond donors (Lipinski definition) is 5. The maximum absolute atomic E-state index is 15.5. The first kappa shape index (κ1) is 63.6. The Bertz CT molecular complexity index is 2560. The van der Waals surface area contributed by atoms with E-state index in [1.807, 2.05) is 30.3 Å². The quantitative estimate of drug-likeness (QED) is 0.0742. The fourth-order valence-electron chi connectivity index (χ4n) is 11.8. The lowest BCUT2D eigenvalue weighted by Crippen LogP contribution is -2.50. The molecule has 2 heterocycles. The highest BCUT2D eigenvalue weighted by molar-refractivity contribution is 8.00. The Balaban J connectivity index is 1.66. The molecule has 15 heteroatoms. The van der Waals surface area contributed by atoms with E-state index in [9.17, 15) is 24.3 Å². The second-order valence-corrected chi connectivity index (χ2v) is 29.5. The van der Waals surface area contributed by atoms with E-state index in [2.05, 4.69) is 113 Å². The van der Waals surface area contributed by atoms with Gasteiger partial charge in [0.2, 0.25) is 11.8 Å². The Morgan fingerprint density at radius 2 is 1.19 bits per heavy atom. The van der Waals surface area contributed by atoms with Gasteiger partial charge in [0.25, 0.3) is 0 Å². The van der Waals surface area contributed by atoms with E-state index in [0.717, 1.165) is 37.4 Å². The second kappa shape index (κ2) is 25.1. The predicted octanol–water partition coefficient (Wildman–Crippen LogP) is 14.0. The molecule has 2 fully saturated rings. The molecule has 432 valence electrons. The number of aromatic nitrogens is 1. The van der Waals surface area contributed by atoms with Gasteiger partial charge in [0.1, 0.15) is 40.2 Å². The van der Waals surface area contributed by atoms with Crippen LogP contribution in [0.4, 0.5) is 5.82 Å². The lowest BCUT2D eigenvalue weighted by Gasteiger charge is -2.50. The van der Waals surface area contributed by atoms with Crippen LogP contribution >= 0.6 is 11.8 Å². The summed E-state index contributed by atoms with van der Waals surface area (Å²) in [6, 6.07) is 9.43. The van der Waals surface area contributed by atoms with E-state index in [1.54, 1.807) is 33.8 Å². The number of thioether (sulfide) groups is 1. The first-order valence-corrected chi connectivity index (χ1v) is 29.4. The molecule has 1 aromatic heterocycles. The van der Waals surface area contributed by atoms with Gasteiger partial charge in [-0.05, 0) is 102 Å². The van der Waals surface area contributed by atoms with E-state index < -0.39 is 53.2 Å². The zero-order valence-corrected chi connectivity index (χ0v) is 51.1. The molecule has 0 bridgehead atoms. The van der Waals surface area contributed by atoms with Crippen LogP contribution in [0.25, 0.3) is 17.2 Å². The number of hydrogen-bond acceptors (Lipinski definition) is 10. The number of rotatable bonds is 17. The third-order valence-electron chi connectivity index (χ3n) is 16.3. The molecule has 78 heavy (non-hydrogen) atoms. The fraction of sp³-hybridized carbons (Fsp3) is 0.667. The Morgan fingerprint density at radius 1 is 0.705 bits per heavy atom. The number of aliphatic imine (C=N–C) groups is 1. The first-order valence-electron chi connectivity index (χ1n) is 28.3. The molecule has 0 saturated heterocycles. The van der Waals surface area contributed by atoms with Crippen molar-refractivity contribution in [2.75, 3.05) is 11.1 Å². The number of nitrogens with zero attached hydrogens (tertiary/aromatic N) is 1. The Labute approximate surface area is 470 Å². The van der Waals surface area contributed by atoms with Crippen LogP contribution in [0.3, 0.4) is 0 Å². The van der Waals surface area contributed by atoms with Crippen LogP contribution in [-0.2, 0) is 33.4 Å². The molecule has 3 aliphatic rings. The molecule has 2 aliphatic carbocycles. The van der Waals surface area contributed by atoms with Crippen molar-refractivity contribution >= 4 is 65.2 Å².